The molecule has 0 aliphatic carbocycles. The highest BCUT2D eigenvalue weighted by molar-refractivity contribution is 7.07. The third-order valence-corrected chi connectivity index (χ3v) is 8.84. The van der Waals surface area contributed by atoms with Gasteiger partial charge in [-0.2, -0.15) is 0 Å². The molecule has 47 heavy (non-hydrogen) atoms. The Balaban J connectivity index is 1.56. The Kier molecular flexibility index (Phi) is 10.6. The van der Waals surface area contributed by atoms with Crippen molar-refractivity contribution >= 4 is 46.6 Å². The third-order valence-electron chi connectivity index (χ3n) is 7.27. The number of hydrogen-bond donors (Lipinski definition) is 0. The van der Waals surface area contributed by atoms with Crippen LogP contribution in [0, 0.1) is 0 Å². The van der Waals surface area contributed by atoms with E-state index < -0.39 is 12.0 Å². The van der Waals surface area contributed by atoms with E-state index in [1.165, 1.54) is 15.9 Å². The molecular weight excluding hydrogens is 663 g/mol. The minimum Gasteiger partial charge on any atom is -0.493 e. The van der Waals surface area contributed by atoms with Crippen LogP contribution in [0.15, 0.2) is 75.7 Å². The van der Waals surface area contributed by atoms with Crippen LogP contribution in [0.4, 0.5) is 0 Å². The molecule has 1 atom stereocenters. The number of fused-ring (bicyclic) bond motifs is 1. The largest absolute Gasteiger partial charge is 0.493 e. The van der Waals surface area contributed by atoms with Gasteiger partial charge in [0, 0.05) is 15.6 Å². The summed E-state index contributed by atoms with van der Waals surface area (Å²) in [5, 5.41) is 1.04. The molecule has 0 spiro atoms. The molecule has 0 radical (unpaired) electrons. The fraction of sp³-hybridized carbons (Fsp3) is 0.286. The van der Waals surface area contributed by atoms with E-state index in [0.717, 1.165) is 5.56 Å². The topological polar surface area (TPSA) is 97.6 Å². The summed E-state index contributed by atoms with van der Waals surface area (Å²) < 4.78 is 30.5. The van der Waals surface area contributed by atoms with Gasteiger partial charge < -0.3 is 23.7 Å². The zero-order chi connectivity index (χ0) is 33.8. The number of allylic oxidation sites excluding steroid dienone is 1. The Hall–Kier alpha value is -4.25. The van der Waals surface area contributed by atoms with Crippen LogP contribution in [0.5, 0.6) is 23.0 Å². The van der Waals surface area contributed by atoms with Gasteiger partial charge in [-0.25, -0.2) is 9.79 Å². The predicted molar refractivity (Wildman–Crippen MR) is 183 cm³/mol. The number of esters is 1. The summed E-state index contributed by atoms with van der Waals surface area (Å²) in [5.41, 5.74) is 2.55. The summed E-state index contributed by atoms with van der Waals surface area (Å²) in [4.78, 5) is 32.5. The minimum absolute atomic E-state index is 0.0779. The summed E-state index contributed by atoms with van der Waals surface area (Å²) in [6.45, 7) is 7.70. The summed E-state index contributed by atoms with van der Waals surface area (Å²) in [5.74, 6) is 1.46. The number of carbonyl (C=O) groups is 1. The molecule has 1 aliphatic rings. The van der Waals surface area contributed by atoms with Gasteiger partial charge in [0.2, 0.25) is 0 Å². The number of rotatable bonds is 11. The van der Waals surface area contributed by atoms with Crippen LogP contribution in [0.3, 0.4) is 0 Å². The van der Waals surface area contributed by atoms with Gasteiger partial charge in [0.05, 0.1) is 48.8 Å². The molecule has 1 aromatic heterocycles. The summed E-state index contributed by atoms with van der Waals surface area (Å²) in [7, 11) is 3.09. The first-order chi connectivity index (χ1) is 22.5. The molecule has 0 unspecified atom stereocenters. The standard InChI is InChI=1S/C35H34Cl2N2O7S/c1-7-44-34(41)31-20(4)38-35-39(32(31)22-10-13-27(46-19(2)3)29(16-22)43-6)33(40)30(47-35)15-21-8-12-26(28(14-21)42-5)45-18-23-9-11-24(36)17-25(23)37/h8-17,19,32H,7,18H2,1-6H3/b30-15-/t32-/m0/s1. The summed E-state index contributed by atoms with van der Waals surface area (Å²) in [6.07, 6.45) is 1.68. The SMILES string of the molecule is CCOC(=O)C1=C(C)N=c2s/c(=C\c3ccc(OCc4ccc(Cl)cc4Cl)c(OC)c3)c(=O)n2[C@H]1c1ccc(OC(C)C)c(OC)c1. The van der Waals surface area contributed by atoms with Crippen LogP contribution < -0.4 is 33.8 Å². The van der Waals surface area contributed by atoms with E-state index in [2.05, 4.69) is 4.99 Å². The van der Waals surface area contributed by atoms with Crippen LogP contribution in [0.2, 0.25) is 10.0 Å². The van der Waals surface area contributed by atoms with E-state index in [1.807, 2.05) is 26.0 Å². The Morgan fingerprint density at radius 1 is 1.00 bits per heavy atom. The number of halogens is 2. The molecule has 4 aromatic rings. The van der Waals surface area contributed by atoms with E-state index in [-0.39, 0.29) is 30.5 Å². The van der Waals surface area contributed by atoms with Crippen LogP contribution in [0.1, 0.15) is 50.4 Å². The fourth-order valence-corrected chi connectivity index (χ4v) is 6.66. The Morgan fingerprint density at radius 3 is 2.40 bits per heavy atom. The average Bonchev–Trinajstić information content (AvgIpc) is 3.33. The second kappa shape index (κ2) is 14.7. The molecule has 0 N–H and O–H groups in total. The van der Waals surface area contributed by atoms with E-state index >= 15 is 0 Å². The molecular formula is C35H34Cl2N2O7S. The van der Waals surface area contributed by atoms with Gasteiger partial charge in [0.25, 0.3) is 5.56 Å². The number of carbonyl (C=O) groups excluding carboxylic acids is 1. The van der Waals surface area contributed by atoms with E-state index in [9.17, 15) is 9.59 Å². The van der Waals surface area contributed by atoms with E-state index in [4.69, 9.17) is 46.9 Å². The number of nitrogens with zero attached hydrogens (tertiary/aromatic N) is 2. The first-order valence-electron chi connectivity index (χ1n) is 14.8. The van der Waals surface area contributed by atoms with Crippen LogP contribution in [0.25, 0.3) is 6.08 Å². The van der Waals surface area contributed by atoms with Crippen molar-refractivity contribution in [1.29, 1.82) is 0 Å². The predicted octanol–water partition coefficient (Wildman–Crippen LogP) is 6.49. The van der Waals surface area contributed by atoms with Crippen LogP contribution in [-0.4, -0.2) is 37.5 Å². The molecule has 0 fully saturated rings. The van der Waals surface area contributed by atoms with Gasteiger partial charge in [0.15, 0.2) is 27.8 Å². The highest BCUT2D eigenvalue weighted by Gasteiger charge is 2.34. The molecule has 0 saturated heterocycles. The maximum Gasteiger partial charge on any atom is 0.338 e. The highest BCUT2D eigenvalue weighted by atomic mass is 35.5. The number of ether oxygens (including phenoxy) is 5. The highest BCUT2D eigenvalue weighted by Crippen LogP contribution is 2.37. The summed E-state index contributed by atoms with van der Waals surface area (Å²) in [6, 6.07) is 15.1. The van der Waals surface area contributed by atoms with E-state index in [0.29, 0.717) is 59.2 Å². The molecule has 2 heterocycles. The van der Waals surface area contributed by atoms with Crippen molar-refractivity contribution in [3.8, 4) is 23.0 Å². The normalized spacial score (nSPS) is 14.5. The van der Waals surface area contributed by atoms with Crippen molar-refractivity contribution in [1.82, 2.24) is 4.57 Å². The maximum absolute atomic E-state index is 14.1. The van der Waals surface area contributed by atoms with Gasteiger partial charge in [-0.1, -0.05) is 52.7 Å². The number of thiazole rings is 1. The molecule has 1 aliphatic heterocycles. The lowest BCUT2D eigenvalue weighted by molar-refractivity contribution is -0.139. The number of benzene rings is 3. The van der Waals surface area contributed by atoms with Crippen molar-refractivity contribution < 1.29 is 28.5 Å². The first kappa shape index (κ1) is 34.1. The average molecular weight is 698 g/mol. The summed E-state index contributed by atoms with van der Waals surface area (Å²) >= 11 is 13.5. The lowest BCUT2D eigenvalue weighted by Crippen LogP contribution is -2.40. The Morgan fingerprint density at radius 2 is 1.72 bits per heavy atom. The zero-order valence-corrected chi connectivity index (χ0v) is 29.1. The van der Waals surface area contributed by atoms with Crippen molar-refractivity contribution in [3.05, 3.63) is 112 Å². The fourth-order valence-electron chi connectivity index (χ4n) is 5.15. The van der Waals surface area contributed by atoms with Crippen LogP contribution in [-0.2, 0) is 16.1 Å². The van der Waals surface area contributed by atoms with Gasteiger partial charge in [0.1, 0.15) is 6.61 Å². The molecule has 5 rings (SSSR count). The molecule has 0 saturated carbocycles. The number of aromatic nitrogens is 1. The molecule has 12 heteroatoms. The number of hydrogen-bond acceptors (Lipinski definition) is 9. The molecule has 0 bridgehead atoms. The number of methoxy groups -OCH3 is 2. The lowest BCUT2D eigenvalue weighted by Gasteiger charge is -2.25. The molecule has 9 nitrogen and oxygen atoms in total. The molecule has 246 valence electrons. The zero-order valence-electron chi connectivity index (χ0n) is 26.8. The van der Waals surface area contributed by atoms with Gasteiger partial charge in [-0.3, -0.25) is 9.36 Å². The van der Waals surface area contributed by atoms with Gasteiger partial charge in [-0.05, 0) is 81.3 Å². The van der Waals surface area contributed by atoms with Crippen molar-refractivity contribution in [2.75, 3.05) is 20.8 Å². The third kappa shape index (κ3) is 7.35. The van der Waals surface area contributed by atoms with E-state index in [1.54, 1.807) is 76.6 Å². The molecule has 3 aromatic carbocycles. The van der Waals surface area contributed by atoms with Crippen LogP contribution >= 0.6 is 34.5 Å². The lowest BCUT2D eigenvalue weighted by atomic mass is 9.95. The Labute approximate surface area is 286 Å². The molecule has 0 amide bonds. The monoisotopic (exact) mass is 696 g/mol. The second-order valence-corrected chi connectivity index (χ2v) is 12.7. The second-order valence-electron chi connectivity index (χ2n) is 10.8. The smallest absolute Gasteiger partial charge is 0.338 e. The minimum atomic E-state index is -0.806. The van der Waals surface area contributed by atoms with Crippen molar-refractivity contribution in [2.24, 2.45) is 4.99 Å². The first-order valence-corrected chi connectivity index (χ1v) is 16.4. The van der Waals surface area contributed by atoms with Crippen molar-refractivity contribution in [2.45, 2.75) is 46.4 Å². The van der Waals surface area contributed by atoms with Crippen molar-refractivity contribution in [3.63, 3.8) is 0 Å². The van der Waals surface area contributed by atoms with Gasteiger partial charge >= 0.3 is 5.97 Å². The quantitative estimate of drug-likeness (QED) is 0.165. The van der Waals surface area contributed by atoms with Gasteiger partial charge in [-0.15, -0.1) is 0 Å². The maximum atomic E-state index is 14.1. The Bertz CT molecular complexity index is 2030.